The third-order valence-corrected chi connectivity index (χ3v) is 4.06. The molecule has 1 heterocycles. The lowest BCUT2D eigenvalue weighted by molar-refractivity contribution is -0.274. The number of anilines is 1. The second-order valence-electron chi connectivity index (χ2n) is 5.04. The minimum absolute atomic E-state index is 0.171. The molecule has 0 bridgehead atoms. The van der Waals surface area contributed by atoms with Gasteiger partial charge < -0.3 is 15.0 Å². The van der Waals surface area contributed by atoms with Gasteiger partial charge in [0.25, 0.3) is 0 Å². The van der Waals surface area contributed by atoms with Gasteiger partial charge >= 0.3 is 6.36 Å². The number of likely N-dealkylation sites (tertiary alicyclic amines) is 1. The van der Waals surface area contributed by atoms with Crippen molar-refractivity contribution in [2.75, 3.05) is 25.0 Å². The summed E-state index contributed by atoms with van der Waals surface area (Å²) in [5.41, 5.74) is 0.380. The number of benzene rings is 1. The Morgan fingerprint density at radius 2 is 2.00 bits per heavy atom. The Morgan fingerprint density at radius 3 is 2.57 bits per heavy atom. The third kappa shape index (κ3) is 5.07. The van der Waals surface area contributed by atoms with E-state index in [2.05, 4.69) is 37.8 Å². The van der Waals surface area contributed by atoms with Gasteiger partial charge in [0.2, 0.25) is 0 Å². The van der Waals surface area contributed by atoms with Gasteiger partial charge in [0.05, 0.1) is 5.69 Å². The predicted molar refractivity (Wildman–Crippen MR) is 79.6 cm³/mol. The van der Waals surface area contributed by atoms with E-state index in [1.807, 2.05) is 0 Å². The van der Waals surface area contributed by atoms with Gasteiger partial charge in [-0.25, -0.2) is 0 Å². The van der Waals surface area contributed by atoms with Gasteiger partial charge in [0, 0.05) is 23.6 Å². The molecule has 7 heteroatoms. The summed E-state index contributed by atoms with van der Waals surface area (Å²) in [6, 6.07) is 4.81. The first-order valence-electron chi connectivity index (χ1n) is 6.91. The number of hydrogen-bond donors (Lipinski definition) is 1. The molecule has 1 saturated heterocycles. The highest BCUT2D eigenvalue weighted by molar-refractivity contribution is 9.10. The summed E-state index contributed by atoms with van der Waals surface area (Å²) in [4.78, 5) is 2.33. The van der Waals surface area contributed by atoms with E-state index in [-0.39, 0.29) is 11.8 Å². The van der Waals surface area contributed by atoms with E-state index in [0.29, 0.717) is 10.2 Å². The van der Waals surface area contributed by atoms with Crippen LogP contribution in [0.2, 0.25) is 0 Å². The highest BCUT2D eigenvalue weighted by atomic mass is 79.9. The maximum Gasteiger partial charge on any atom is 0.573 e. The zero-order valence-electron chi connectivity index (χ0n) is 11.7. The first-order chi connectivity index (χ1) is 9.87. The first-order valence-corrected chi connectivity index (χ1v) is 7.71. The van der Waals surface area contributed by atoms with Crippen LogP contribution in [0.4, 0.5) is 18.9 Å². The number of halogens is 4. The maximum atomic E-state index is 12.5. The second kappa shape index (κ2) is 6.87. The van der Waals surface area contributed by atoms with Crippen LogP contribution in [0.5, 0.6) is 5.75 Å². The number of piperidine rings is 1. The maximum absolute atomic E-state index is 12.5. The lowest BCUT2D eigenvalue weighted by Crippen LogP contribution is -2.39. The van der Waals surface area contributed by atoms with E-state index in [1.165, 1.54) is 6.07 Å². The van der Waals surface area contributed by atoms with Gasteiger partial charge in [0.1, 0.15) is 0 Å². The molecule has 118 valence electrons. The van der Waals surface area contributed by atoms with Crippen molar-refractivity contribution in [3.05, 3.63) is 22.7 Å². The van der Waals surface area contributed by atoms with Crippen molar-refractivity contribution in [3.63, 3.8) is 0 Å². The van der Waals surface area contributed by atoms with Crippen molar-refractivity contribution in [1.82, 2.24) is 4.90 Å². The van der Waals surface area contributed by atoms with E-state index in [0.717, 1.165) is 32.5 Å². The normalized spacial score (nSPS) is 17.8. The fraction of sp³-hybridized carbons (Fsp3) is 0.571. The Kier molecular flexibility index (Phi) is 5.37. The summed E-state index contributed by atoms with van der Waals surface area (Å²) in [6.45, 7) is 5.03. The molecular formula is C14H18BrF3N2O. The number of alkyl halides is 3. The monoisotopic (exact) mass is 366 g/mol. The quantitative estimate of drug-likeness (QED) is 0.862. The van der Waals surface area contributed by atoms with Crippen LogP contribution in [0.15, 0.2) is 22.7 Å². The minimum atomic E-state index is -4.69. The summed E-state index contributed by atoms with van der Waals surface area (Å²) in [5, 5.41) is 3.17. The zero-order chi connectivity index (χ0) is 15.5. The summed E-state index contributed by atoms with van der Waals surface area (Å²) >= 11 is 3.16. The largest absolute Gasteiger partial charge is 0.573 e. The van der Waals surface area contributed by atoms with Crippen molar-refractivity contribution >= 4 is 21.6 Å². The van der Waals surface area contributed by atoms with E-state index in [9.17, 15) is 13.2 Å². The van der Waals surface area contributed by atoms with Gasteiger partial charge in [-0.15, -0.1) is 13.2 Å². The van der Waals surface area contributed by atoms with Crippen LogP contribution in [-0.2, 0) is 0 Å². The van der Waals surface area contributed by atoms with Crippen molar-refractivity contribution in [3.8, 4) is 5.75 Å². The number of nitrogens with one attached hydrogen (secondary N) is 1. The molecule has 2 rings (SSSR count). The van der Waals surface area contributed by atoms with Gasteiger partial charge in [-0.1, -0.05) is 22.9 Å². The van der Waals surface area contributed by atoms with Crippen molar-refractivity contribution in [1.29, 1.82) is 0 Å². The fourth-order valence-electron chi connectivity index (χ4n) is 2.44. The van der Waals surface area contributed by atoms with Gasteiger partial charge in [-0.2, -0.15) is 0 Å². The van der Waals surface area contributed by atoms with E-state index < -0.39 is 6.36 Å². The van der Waals surface area contributed by atoms with Crippen LogP contribution in [0.25, 0.3) is 0 Å². The Hall–Kier alpha value is -0.950. The molecule has 1 aliphatic rings. The molecule has 0 aliphatic carbocycles. The van der Waals surface area contributed by atoms with Crippen LogP contribution in [0, 0.1) is 0 Å². The Balaban J connectivity index is 2.06. The highest BCUT2D eigenvalue weighted by Gasteiger charge is 2.32. The number of ether oxygens (including phenoxy) is 1. The molecule has 0 atom stereocenters. The first kappa shape index (κ1) is 16.4. The number of nitrogens with zero attached hydrogens (tertiary/aromatic N) is 1. The molecule has 0 spiro atoms. The van der Waals surface area contributed by atoms with E-state index >= 15 is 0 Å². The Bertz CT molecular complexity index is 474. The fourth-order valence-corrected chi connectivity index (χ4v) is 2.78. The summed E-state index contributed by atoms with van der Waals surface area (Å²) in [6.07, 6.45) is -2.87. The van der Waals surface area contributed by atoms with Crippen LogP contribution in [0.3, 0.4) is 0 Å². The molecule has 0 unspecified atom stereocenters. The number of rotatable bonds is 4. The van der Waals surface area contributed by atoms with Gasteiger partial charge in [-0.05, 0) is 37.6 Å². The highest BCUT2D eigenvalue weighted by Crippen LogP contribution is 2.34. The van der Waals surface area contributed by atoms with Crippen molar-refractivity contribution in [2.45, 2.75) is 32.2 Å². The van der Waals surface area contributed by atoms with Crippen molar-refractivity contribution < 1.29 is 17.9 Å². The van der Waals surface area contributed by atoms with Crippen LogP contribution in [-0.4, -0.2) is 36.9 Å². The molecule has 1 N–H and O–H groups in total. The van der Waals surface area contributed by atoms with Crippen LogP contribution in [0.1, 0.15) is 19.8 Å². The smallest absolute Gasteiger partial charge is 0.404 e. The topological polar surface area (TPSA) is 24.5 Å². The second-order valence-corrected chi connectivity index (χ2v) is 5.96. The van der Waals surface area contributed by atoms with Gasteiger partial charge in [0.15, 0.2) is 5.75 Å². The summed E-state index contributed by atoms with van der Waals surface area (Å²) < 4.78 is 42.0. The molecule has 0 radical (unpaired) electrons. The summed E-state index contributed by atoms with van der Waals surface area (Å²) in [5.74, 6) is -0.199. The molecule has 3 nitrogen and oxygen atoms in total. The Labute approximate surface area is 130 Å². The molecule has 1 aliphatic heterocycles. The molecule has 0 saturated carbocycles. The van der Waals surface area contributed by atoms with E-state index in [1.54, 1.807) is 12.1 Å². The predicted octanol–water partition coefficient (Wildman–Crippen LogP) is 4.24. The zero-order valence-corrected chi connectivity index (χ0v) is 13.3. The van der Waals surface area contributed by atoms with Crippen LogP contribution < -0.4 is 10.1 Å². The SMILES string of the molecule is CCN1CCC(Nc2ccc(Br)cc2OC(F)(F)F)CC1. The standard InChI is InChI=1S/C14H18BrF3N2O/c1-2-20-7-5-11(6-8-20)19-12-4-3-10(15)9-13(12)21-14(16,17)18/h3-4,9,11,19H,2,5-8H2,1H3. The Morgan fingerprint density at radius 1 is 1.33 bits per heavy atom. The molecule has 1 aromatic rings. The van der Waals surface area contributed by atoms with Crippen molar-refractivity contribution in [2.24, 2.45) is 0 Å². The third-order valence-electron chi connectivity index (χ3n) is 3.56. The lowest BCUT2D eigenvalue weighted by atomic mass is 10.0. The lowest BCUT2D eigenvalue weighted by Gasteiger charge is -2.32. The van der Waals surface area contributed by atoms with Crippen LogP contribution >= 0.6 is 15.9 Å². The molecule has 1 fully saturated rings. The molecular weight excluding hydrogens is 349 g/mol. The molecule has 0 aromatic heterocycles. The molecule has 21 heavy (non-hydrogen) atoms. The molecule has 1 aromatic carbocycles. The average molecular weight is 367 g/mol. The van der Waals surface area contributed by atoms with Gasteiger partial charge in [-0.3, -0.25) is 0 Å². The molecule has 0 amide bonds. The average Bonchev–Trinajstić information content (AvgIpc) is 2.41. The summed E-state index contributed by atoms with van der Waals surface area (Å²) in [7, 11) is 0. The minimum Gasteiger partial charge on any atom is -0.404 e. The van der Waals surface area contributed by atoms with E-state index in [4.69, 9.17) is 0 Å². The number of hydrogen-bond acceptors (Lipinski definition) is 3.